The second kappa shape index (κ2) is 61.8. The molecule has 125 heavy (non-hydrogen) atoms. The van der Waals surface area contributed by atoms with Crippen LogP contribution in [-0.4, -0.2) is 0 Å². The zero-order valence-corrected chi connectivity index (χ0v) is 83.2. The third kappa shape index (κ3) is 37.6. The summed E-state index contributed by atoms with van der Waals surface area (Å²) in [6, 6.07) is 43.5. The number of halogens is 5. The molecule has 0 bridgehead atoms. The van der Waals surface area contributed by atoms with E-state index in [1.54, 1.807) is 27.9 Å². The van der Waals surface area contributed by atoms with Crippen molar-refractivity contribution in [3.8, 4) is 0 Å². The Balaban J connectivity index is 0.000000239. The molecule has 0 aliphatic heterocycles. The van der Waals surface area contributed by atoms with Gasteiger partial charge in [-0.2, -0.15) is 0 Å². The molecule has 5 saturated carbocycles. The van der Waals surface area contributed by atoms with Crippen molar-refractivity contribution in [2.45, 2.75) is 412 Å². The van der Waals surface area contributed by atoms with Crippen molar-refractivity contribution in [2.75, 3.05) is 0 Å². The van der Waals surface area contributed by atoms with E-state index >= 15 is 0 Å². The standard InChI is InChI=1S/5C23H34S.5FH/c5*1-2-3-4-5-18-6-8-19(9-7-18)20-10-12-21(13-11-20)22-14-16-23(24)17-15-22;;;;;/h5*12,14-20,24H,2-11,13H2,1H3;5*1H. The summed E-state index contributed by atoms with van der Waals surface area (Å²) in [5, 5.41) is 0. The number of allylic oxidation sites excluding steroid dienone is 10. The van der Waals surface area contributed by atoms with Crippen LogP contribution in [0.2, 0.25) is 0 Å². The summed E-state index contributed by atoms with van der Waals surface area (Å²) < 4.78 is 0. The van der Waals surface area contributed by atoms with Crippen molar-refractivity contribution >= 4 is 91.0 Å². The molecule has 15 rings (SSSR count). The summed E-state index contributed by atoms with van der Waals surface area (Å²) >= 11 is 22.0. The van der Waals surface area contributed by atoms with Gasteiger partial charge in [-0.1, -0.05) is 318 Å². The zero-order valence-electron chi connectivity index (χ0n) is 78.8. The molecular formula is C115H175F5S5. The van der Waals surface area contributed by atoms with Gasteiger partial charge in [0.25, 0.3) is 0 Å². The molecule has 700 valence electrons. The van der Waals surface area contributed by atoms with Crippen LogP contribution in [0.1, 0.15) is 416 Å². The van der Waals surface area contributed by atoms with Crippen LogP contribution in [0.5, 0.6) is 0 Å². The Bertz CT molecular complexity index is 3210. The minimum absolute atomic E-state index is 0. The van der Waals surface area contributed by atoms with Crippen molar-refractivity contribution in [1.82, 2.24) is 0 Å². The normalized spacial score (nSPS) is 26.6. The lowest BCUT2D eigenvalue weighted by molar-refractivity contribution is 0.187. The number of hydrogen-bond acceptors (Lipinski definition) is 5. The predicted molar refractivity (Wildman–Crippen MR) is 556 cm³/mol. The maximum Gasteiger partial charge on any atom is 0.00403 e. The molecule has 10 heteroatoms. The van der Waals surface area contributed by atoms with Gasteiger partial charge < -0.3 is 0 Å². The summed E-state index contributed by atoms with van der Waals surface area (Å²) in [5.74, 6) is 15.0. The van der Waals surface area contributed by atoms with Crippen LogP contribution in [0, 0.1) is 88.8 Å². The Morgan fingerprint density at radius 2 is 0.328 bits per heavy atom. The minimum Gasteiger partial charge on any atom is -0.269 e. The van der Waals surface area contributed by atoms with Gasteiger partial charge in [0.1, 0.15) is 0 Å². The molecule has 0 saturated heterocycles. The van der Waals surface area contributed by atoms with Crippen molar-refractivity contribution in [1.29, 1.82) is 0 Å². The highest BCUT2D eigenvalue weighted by molar-refractivity contribution is 7.81. The first-order chi connectivity index (χ1) is 58.8. The zero-order chi connectivity index (χ0) is 83.9. The van der Waals surface area contributed by atoms with Crippen molar-refractivity contribution < 1.29 is 23.5 Å². The van der Waals surface area contributed by atoms with E-state index in [2.05, 4.69) is 249 Å². The average molecular weight is 1810 g/mol. The number of benzene rings is 5. The van der Waals surface area contributed by atoms with E-state index in [4.69, 9.17) is 0 Å². The van der Waals surface area contributed by atoms with Crippen molar-refractivity contribution in [3.63, 3.8) is 0 Å². The van der Waals surface area contributed by atoms with Gasteiger partial charge in [-0.05, 0) is 366 Å². The second-order valence-corrected chi connectivity index (χ2v) is 43.0. The molecule has 10 aliphatic rings. The molecule has 5 unspecified atom stereocenters. The lowest BCUT2D eigenvalue weighted by atomic mass is 9.70. The van der Waals surface area contributed by atoms with Gasteiger partial charge in [0.2, 0.25) is 0 Å². The van der Waals surface area contributed by atoms with E-state index in [9.17, 15) is 0 Å². The van der Waals surface area contributed by atoms with Crippen LogP contribution in [0.25, 0.3) is 27.9 Å². The van der Waals surface area contributed by atoms with Gasteiger partial charge in [-0.25, -0.2) is 0 Å². The molecule has 5 aromatic rings. The fourth-order valence-electron chi connectivity index (χ4n) is 24.3. The third-order valence-corrected chi connectivity index (χ3v) is 33.8. The van der Waals surface area contributed by atoms with Crippen LogP contribution in [0.15, 0.2) is 176 Å². The van der Waals surface area contributed by atoms with Crippen LogP contribution < -0.4 is 0 Å². The summed E-state index contributed by atoms with van der Waals surface area (Å²) in [6.07, 6.45) is 91.4. The molecule has 0 aromatic heterocycles. The topological polar surface area (TPSA) is 0 Å². The van der Waals surface area contributed by atoms with E-state index < -0.39 is 0 Å². The Kier molecular flexibility index (Phi) is 54.4. The quantitative estimate of drug-likeness (QED) is 0.0169. The van der Waals surface area contributed by atoms with Crippen LogP contribution in [0.4, 0.5) is 23.5 Å². The first kappa shape index (κ1) is 110. The molecule has 0 nitrogen and oxygen atoms in total. The fraction of sp³-hybridized carbons (Fsp3) is 0.652. The average Bonchev–Trinajstić information content (AvgIpc) is 0.851. The van der Waals surface area contributed by atoms with Crippen LogP contribution in [-0.2, 0) is 0 Å². The molecule has 0 spiro atoms. The summed E-state index contributed by atoms with van der Waals surface area (Å²) in [6.45, 7) is 11.6. The Morgan fingerprint density at radius 3 is 0.448 bits per heavy atom. The number of unbranched alkanes of at least 4 members (excludes halogenated alkanes) is 10. The van der Waals surface area contributed by atoms with Gasteiger partial charge in [-0.3, -0.25) is 23.5 Å². The minimum atomic E-state index is 0. The fourth-order valence-corrected chi connectivity index (χ4v) is 25.0. The van der Waals surface area contributed by atoms with E-state index in [-0.39, 0.29) is 23.5 Å². The molecule has 5 aromatic carbocycles. The highest BCUT2D eigenvalue weighted by Gasteiger charge is 2.35. The van der Waals surface area contributed by atoms with Gasteiger partial charge in [-0.15, -0.1) is 63.1 Å². The van der Waals surface area contributed by atoms with E-state index in [0.717, 1.165) is 113 Å². The molecule has 0 amide bonds. The van der Waals surface area contributed by atoms with Crippen LogP contribution >= 0.6 is 63.1 Å². The summed E-state index contributed by atoms with van der Waals surface area (Å²) in [7, 11) is 0. The van der Waals surface area contributed by atoms with Gasteiger partial charge in [0, 0.05) is 24.5 Å². The maximum atomic E-state index is 4.39. The summed E-state index contributed by atoms with van der Waals surface area (Å²) in [4.78, 5) is 5.30. The lowest BCUT2D eigenvalue weighted by Crippen LogP contribution is -2.23. The molecule has 10 aliphatic carbocycles. The van der Waals surface area contributed by atoms with E-state index in [1.165, 1.54) is 381 Å². The van der Waals surface area contributed by atoms with Crippen LogP contribution in [0.3, 0.4) is 0 Å². The maximum absolute atomic E-state index is 4.39. The molecule has 0 N–H and O–H groups in total. The first-order valence-corrected chi connectivity index (χ1v) is 53.5. The Labute approximate surface area is 789 Å². The first-order valence-electron chi connectivity index (χ1n) is 51.2. The van der Waals surface area contributed by atoms with Gasteiger partial charge >= 0.3 is 0 Å². The smallest absolute Gasteiger partial charge is 0.00403 e. The third-order valence-electron chi connectivity index (χ3n) is 32.3. The number of thiol groups is 5. The second-order valence-electron chi connectivity index (χ2n) is 40.4. The highest BCUT2D eigenvalue weighted by Crippen LogP contribution is 2.49. The van der Waals surface area contributed by atoms with Crippen molar-refractivity contribution in [2.24, 2.45) is 88.8 Å². The number of rotatable bonds is 30. The Hall–Kier alpha value is -3.80. The SMILES string of the molecule is CCCCCC1CCC(C2CC=C(c3ccc(S)cc3)CC2)CC1.CCCCCC1CCC(C2CC=C(c3ccc(S)cc3)CC2)CC1.CCCCCC1CCC(C2CC=C(c3ccc(S)cc3)CC2)CC1.CCCCCC1CCC(C2CC=C(c3ccc(S)cc3)CC2)CC1.CCCCCC1CCC(C2CC=C(c3ccc(S)cc3)CC2)CC1.F.F.F.F.F. The predicted octanol–water partition coefficient (Wildman–Crippen LogP) is 38.5. The van der Waals surface area contributed by atoms with E-state index in [0.29, 0.717) is 0 Å². The monoisotopic (exact) mass is 1810 g/mol. The Morgan fingerprint density at radius 1 is 0.184 bits per heavy atom. The van der Waals surface area contributed by atoms with Gasteiger partial charge in [0.05, 0.1) is 0 Å². The van der Waals surface area contributed by atoms with E-state index in [1.807, 2.05) is 0 Å². The molecule has 5 fully saturated rings. The lowest BCUT2D eigenvalue weighted by Gasteiger charge is -2.35. The molecule has 0 radical (unpaired) electrons. The number of hydrogen-bond donors (Lipinski definition) is 5. The summed E-state index contributed by atoms with van der Waals surface area (Å²) in [5.41, 5.74) is 14.9. The molecular weight excluding hydrogens is 1640 g/mol. The van der Waals surface area contributed by atoms with Gasteiger partial charge in [0.15, 0.2) is 0 Å². The molecule has 5 atom stereocenters. The molecule has 0 heterocycles. The van der Waals surface area contributed by atoms with Crippen molar-refractivity contribution in [3.05, 3.63) is 180 Å². The highest BCUT2D eigenvalue weighted by atomic mass is 32.1. The largest absolute Gasteiger partial charge is 0.269 e.